The van der Waals surface area contributed by atoms with Crippen molar-refractivity contribution in [3.8, 4) is 0 Å². The minimum absolute atomic E-state index is 0.330. The molecule has 1 rings (SSSR count). The number of nitrogens with two attached hydrogens (primary N) is 1. The molecule has 3 N–H and O–H groups in total. The van der Waals surface area contributed by atoms with Crippen molar-refractivity contribution in [2.75, 3.05) is 12.3 Å². The molecule has 1 atom stereocenters. The van der Waals surface area contributed by atoms with Crippen molar-refractivity contribution in [2.24, 2.45) is 5.73 Å². The lowest BCUT2D eigenvalue weighted by atomic mass is 10.1. The highest BCUT2D eigenvalue weighted by molar-refractivity contribution is 8.01. The molecule has 1 amide bonds. The van der Waals surface area contributed by atoms with Gasteiger partial charge in [0.15, 0.2) is 4.34 Å². The first-order valence-corrected chi connectivity index (χ1v) is 7.78. The second-order valence-electron chi connectivity index (χ2n) is 4.24. The third-order valence-electron chi connectivity index (χ3n) is 2.56. The fraction of sp³-hybridized carbons (Fsp3) is 0.727. The largest absolute Gasteiger partial charge is 0.368 e. The van der Waals surface area contributed by atoms with Crippen molar-refractivity contribution in [2.45, 2.75) is 43.5 Å². The second kappa shape index (κ2) is 7.06. The number of thioether (sulfide) groups is 1. The Morgan fingerprint density at radius 3 is 2.78 bits per heavy atom. The minimum atomic E-state index is -0.696. The van der Waals surface area contributed by atoms with Crippen LogP contribution in [0.3, 0.4) is 0 Å². The van der Waals surface area contributed by atoms with Crippen molar-refractivity contribution >= 4 is 29.2 Å². The Morgan fingerprint density at radius 2 is 2.28 bits per heavy atom. The van der Waals surface area contributed by atoms with Crippen LogP contribution >= 0.6 is 23.3 Å². The minimum Gasteiger partial charge on any atom is -0.368 e. The van der Waals surface area contributed by atoms with Gasteiger partial charge in [0.25, 0.3) is 0 Å². The van der Waals surface area contributed by atoms with E-state index in [-0.39, 0.29) is 5.91 Å². The Morgan fingerprint density at radius 1 is 1.56 bits per heavy atom. The molecule has 0 spiro atoms. The summed E-state index contributed by atoms with van der Waals surface area (Å²) < 4.78 is 5.10. The molecular weight excluding hydrogens is 268 g/mol. The number of nitrogens with one attached hydrogen (secondary N) is 1. The molecule has 0 aliphatic carbocycles. The van der Waals surface area contributed by atoms with Crippen LogP contribution < -0.4 is 11.1 Å². The number of aryl methyl sites for hydroxylation is 1. The Balaban J connectivity index is 2.58. The fourth-order valence-electron chi connectivity index (χ4n) is 1.26. The number of amides is 1. The highest BCUT2D eigenvalue weighted by Gasteiger charge is 2.30. The van der Waals surface area contributed by atoms with Gasteiger partial charge in [0.2, 0.25) is 5.91 Å². The zero-order valence-corrected chi connectivity index (χ0v) is 12.7. The second-order valence-corrected chi connectivity index (χ2v) is 6.22. The Bertz CT molecular complexity index is 396. The monoisotopic (exact) mass is 288 g/mol. The molecule has 1 unspecified atom stereocenters. The van der Waals surface area contributed by atoms with E-state index in [9.17, 15) is 4.79 Å². The van der Waals surface area contributed by atoms with Crippen molar-refractivity contribution in [3.63, 3.8) is 0 Å². The van der Waals surface area contributed by atoms with Gasteiger partial charge in [-0.05, 0) is 31.4 Å². The maximum Gasteiger partial charge on any atom is 0.238 e. The molecule has 0 fully saturated rings. The average Bonchev–Trinajstić information content (AvgIpc) is 2.81. The van der Waals surface area contributed by atoms with E-state index in [1.807, 2.05) is 13.8 Å². The molecule has 18 heavy (non-hydrogen) atoms. The fourth-order valence-corrected chi connectivity index (χ4v) is 3.08. The molecule has 0 saturated carbocycles. The van der Waals surface area contributed by atoms with Crippen molar-refractivity contribution in [1.82, 2.24) is 14.7 Å². The van der Waals surface area contributed by atoms with Crippen molar-refractivity contribution in [3.05, 3.63) is 5.82 Å². The molecule has 102 valence electrons. The summed E-state index contributed by atoms with van der Waals surface area (Å²) in [6.07, 6.45) is 1.80. The topological polar surface area (TPSA) is 80.9 Å². The van der Waals surface area contributed by atoms with Gasteiger partial charge in [-0.15, -0.1) is 0 Å². The summed E-state index contributed by atoms with van der Waals surface area (Å²) in [5, 5.41) is 3.20. The van der Waals surface area contributed by atoms with Crippen molar-refractivity contribution in [1.29, 1.82) is 0 Å². The summed E-state index contributed by atoms with van der Waals surface area (Å²) >= 11 is 2.90. The molecular formula is C11H20N4OS2. The van der Waals surface area contributed by atoms with Gasteiger partial charge in [0.1, 0.15) is 11.4 Å². The maximum atomic E-state index is 11.5. The number of rotatable bonds is 8. The van der Waals surface area contributed by atoms with Crippen LogP contribution in [0.25, 0.3) is 0 Å². The van der Waals surface area contributed by atoms with E-state index in [4.69, 9.17) is 5.73 Å². The molecule has 1 heterocycles. The summed E-state index contributed by atoms with van der Waals surface area (Å²) in [5.74, 6) is 1.09. The number of aromatic nitrogens is 2. The van der Waals surface area contributed by atoms with E-state index in [0.29, 0.717) is 5.75 Å². The van der Waals surface area contributed by atoms with Gasteiger partial charge in [-0.1, -0.05) is 25.6 Å². The zero-order valence-electron chi connectivity index (χ0n) is 11.0. The third-order valence-corrected chi connectivity index (χ3v) is 4.75. The quantitative estimate of drug-likeness (QED) is 0.707. The number of nitrogens with zero attached hydrogens (tertiary/aromatic N) is 2. The van der Waals surface area contributed by atoms with Crippen LogP contribution in [0.4, 0.5) is 0 Å². The summed E-state index contributed by atoms with van der Waals surface area (Å²) in [5.41, 5.74) is 4.76. The van der Waals surface area contributed by atoms with E-state index in [1.54, 1.807) is 0 Å². The summed E-state index contributed by atoms with van der Waals surface area (Å²) in [7, 11) is 0. The Kier molecular flexibility index (Phi) is 6.04. The van der Waals surface area contributed by atoms with E-state index in [2.05, 4.69) is 21.6 Å². The molecule has 0 bridgehead atoms. The average molecular weight is 288 g/mol. The molecule has 0 saturated heterocycles. The molecule has 1 aromatic heterocycles. The SMILES string of the molecule is CCCNC(C)(CSc1nc(CC)ns1)C(N)=O. The van der Waals surface area contributed by atoms with Crippen LogP contribution in [0, 0.1) is 0 Å². The molecule has 7 heteroatoms. The lowest BCUT2D eigenvalue weighted by molar-refractivity contribution is -0.122. The van der Waals surface area contributed by atoms with Gasteiger partial charge in [-0.2, -0.15) is 4.37 Å². The smallest absolute Gasteiger partial charge is 0.238 e. The Labute approximate surface area is 116 Å². The molecule has 1 aromatic rings. The first-order valence-electron chi connectivity index (χ1n) is 6.02. The van der Waals surface area contributed by atoms with Crippen LogP contribution in [-0.4, -0.2) is 33.1 Å². The molecule has 0 aliphatic heterocycles. The highest BCUT2D eigenvalue weighted by Crippen LogP contribution is 2.24. The van der Waals surface area contributed by atoms with Crippen LogP contribution in [0.1, 0.15) is 33.0 Å². The van der Waals surface area contributed by atoms with Crippen molar-refractivity contribution < 1.29 is 4.79 Å². The standard InChI is InChI=1S/C11H20N4OS2/c1-4-6-13-11(3,9(12)16)7-17-10-14-8(5-2)15-18-10/h13H,4-7H2,1-3H3,(H2,12,16). The normalized spacial score (nSPS) is 14.4. The maximum absolute atomic E-state index is 11.5. The predicted molar refractivity (Wildman–Crippen MR) is 75.9 cm³/mol. The molecule has 0 aliphatic rings. The summed E-state index contributed by atoms with van der Waals surface area (Å²) in [4.78, 5) is 15.9. The van der Waals surface area contributed by atoms with Gasteiger partial charge in [-0.25, -0.2) is 4.98 Å². The summed E-state index contributed by atoms with van der Waals surface area (Å²) in [6, 6.07) is 0. The van der Waals surface area contributed by atoms with Crippen LogP contribution in [-0.2, 0) is 11.2 Å². The van der Waals surface area contributed by atoms with Gasteiger partial charge in [0.05, 0.1) is 0 Å². The number of carbonyl (C=O) groups excluding carboxylic acids is 1. The third kappa shape index (κ3) is 4.22. The molecule has 0 aromatic carbocycles. The summed E-state index contributed by atoms with van der Waals surface area (Å²) in [6.45, 7) is 6.68. The van der Waals surface area contributed by atoms with Gasteiger partial charge < -0.3 is 11.1 Å². The van der Waals surface area contributed by atoms with Gasteiger partial charge in [-0.3, -0.25) is 4.79 Å². The van der Waals surface area contributed by atoms with Gasteiger partial charge in [0, 0.05) is 12.2 Å². The number of primary amides is 1. The highest BCUT2D eigenvalue weighted by atomic mass is 32.2. The van der Waals surface area contributed by atoms with E-state index < -0.39 is 5.54 Å². The van der Waals surface area contributed by atoms with Crippen LogP contribution in [0.5, 0.6) is 0 Å². The van der Waals surface area contributed by atoms with Crippen LogP contribution in [0.2, 0.25) is 0 Å². The van der Waals surface area contributed by atoms with Gasteiger partial charge >= 0.3 is 0 Å². The van der Waals surface area contributed by atoms with E-state index in [0.717, 1.165) is 29.6 Å². The molecule has 5 nitrogen and oxygen atoms in total. The van der Waals surface area contributed by atoms with E-state index in [1.165, 1.54) is 23.3 Å². The first kappa shape index (κ1) is 15.4. The lowest BCUT2D eigenvalue weighted by Gasteiger charge is -2.26. The van der Waals surface area contributed by atoms with Crippen LogP contribution in [0.15, 0.2) is 4.34 Å². The Hall–Kier alpha value is -0.660. The molecule has 0 radical (unpaired) electrons. The number of hydrogen-bond donors (Lipinski definition) is 2. The predicted octanol–water partition coefficient (Wildman–Crippen LogP) is 1.44. The first-order chi connectivity index (χ1) is 8.51. The number of hydrogen-bond acceptors (Lipinski definition) is 6. The number of carbonyl (C=O) groups is 1. The van der Waals surface area contributed by atoms with E-state index >= 15 is 0 Å². The zero-order chi connectivity index (χ0) is 13.6. The lowest BCUT2D eigenvalue weighted by Crippen LogP contribution is -2.55.